The van der Waals surface area contributed by atoms with Crippen LogP contribution in [0.15, 0.2) is 48.8 Å². The second kappa shape index (κ2) is 9.70. The first-order chi connectivity index (χ1) is 16.4. The van der Waals surface area contributed by atoms with Crippen molar-refractivity contribution in [3.63, 3.8) is 0 Å². The van der Waals surface area contributed by atoms with E-state index in [9.17, 15) is 13.2 Å². The molecule has 3 aromatic rings. The molecule has 34 heavy (non-hydrogen) atoms. The minimum absolute atomic E-state index is 0.253. The van der Waals surface area contributed by atoms with Gasteiger partial charge < -0.3 is 4.74 Å². The van der Waals surface area contributed by atoms with Crippen molar-refractivity contribution >= 4 is 0 Å². The SMILES string of the molecule is FC(F)(F)Oc1cccc(-c2ccc(CN3CCc4nc(C5CCCCC5)ncc4C3)cn2)c1. The Kier molecular flexibility index (Phi) is 6.50. The molecule has 0 spiro atoms. The number of fused-ring (bicyclic) bond motifs is 1. The number of pyridine rings is 1. The summed E-state index contributed by atoms with van der Waals surface area (Å²) in [5, 5.41) is 0. The quantitative estimate of drug-likeness (QED) is 0.457. The number of hydrogen-bond acceptors (Lipinski definition) is 5. The van der Waals surface area contributed by atoms with Crippen LogP contribution < -0.4 is 4.74 Å². The molecule has 2 aliphatic rings. The lowest BCUT2D eigenvalue weighted by Gasteiger charge is -2.29. The van der Waals surface area contributed by atoms with E-state index in [1.54, 1.807) is 12.3 Å². The third-order valence-electron chi connectivity index (χ3n) is 6.60. The Hall–Kier alpha value is -3.00. The maximum atomic E-state index is 12.5. The number of ether oxygens (including phenoxy) is 1. The van der Waals surface area contributed by atoms with Gasteiger partial charge in [-0.05, 0) is 36.6 Å². The van der Waals surface area contributed by atoms with Gasteiger partial charge in [-0.1, -0.05) is 37.5 Å². The fourth-order valence-electron chi connectivity index (χ4n) is 4.88. The van der Waals surface area contributed by atoms with Gasteiger partial charge >= 0.3 is 6.36 Å². The van der Waals surface area contributed by atoms with Gasteiger partial charge in [0.15, 0.2) is 0 Å². The first kappa shape index (κ1) is 22.8. The molecule has 0 N–H and O–H groups in total. The molecule has 0 atom stereocenters. The van der Waals surface area contributed by atoms with Gasteiger partial charge in [0, 0.05) is 61.2 Å². The number of rotatable bonds is 5. The lowest BCUT2D eigenvalue weighted by Crippen LogP contribution is -2.31. The summed E-state index contributed by atoms with van der Waals surface area (Å²) in [5.74, 6) is 1.29. The number of benzene rings is 1. The van der Waals surface area contributed by atoms with E-state index in [0.717, 1.165) is 37.4 Å². The largest absolute Gasteiger partial charge is 0.573 e. The van der Waals surface area contributed by atoms with Crippen LogP contribution in [0.5, 0.6) is 5.75 Å². The first-order valence-corrected chi connectivity index (χ1v) is 11.8. The van der Waals surface area contributed by atoms with E-state index in [4.69, 9.17) is 9.97 Å². The van der Waals surface area contributed by atoms with Crippen LogP contribution in [-0.2, 0) is 19.5 Å². The average molecular weight is 469 g/mol. The van der Waals surface area contributed by atoms with Crippen molar-refractivity contribution in [2.75, 3.05) is 6.54 Å². The highest BCUT2D eigenvalue weighted by Gasteiger charge is 2.31. The summed E-state index contributed by atoms with van der Waals surface area (Å²) in [6.45, 7) is 2.47. The van der Waals surface area contributed by atoms with Crippen molar-refractivity contribution in [2.24, 2.45) is 0 Å². The molecule has 0 radical (unpaired) electrons. The molecule has 1 aromatic carbocycles. The van der Waals surface area contributed by atoms with Crippen LogP contribution in [0.1, 0.15) is 60.7 Å². The molecule has 1 fully saturated rings. The zero-order valence-corrected chi connectivity index (χ0v) is 18.9. The van der Waals surface area contributed by atoms with Crippen molar-refractivity contribution in [1.29, 1.82) is 0 Å². The van der Waals surface area contributed by atoms with Gasteiger partial charge in [-0.25, -0.2) is 9.97 Å². The Morgan fingerprint density at radius 3 is 2.62 bits per heavy atom. The van der Waals surface area contributed by atoms with Crippen LogP contribution in [0.3, 0.4) is 0 Å². The zero-order valence-electron chi connectivity index (χ0n) is 18.9. The minimum atomic E-state index is -4.72. The van der Waals surface area contributed by atoms with Crippen LogP contribution >= 0.6 is 0 Å². The van der Waals surface area contributed by atoms with E-state index < -0.39 is 6.36 Å². The average Bonchev–Trinajstić information content (AvgIpc) is 2.84. The van der Waals surface area contributed by atoms with Crippen LogP contribution in [0.2, 0.25) is 0 Å². The molecule has 0 unspecified atom stereocenters. The monoisotopic (exact) mass is 468 g/mol. The number of hydrogen-bond donors (Lipinski definition) is 0. The van der Waals surface area contributed by atoms with Crippen molar-refractivity contribution in [3.05, 3.63) is 71.4 Å². The molecular formula is C26H27F3N4O. The second-order valence-electron chi connectivity index (χ2n) is 9.12. The van der Waals surface area contributed by atoms with Gasteiger partial charge in [-0.3, -0.25) is 9.88 Å². The smallest absolute Gasteiger partial charge is 0.406 e. The summed E-state index contributed by atoms with van der Waals surface area (Å²) in [6, 6.07) is 9.67. The predicted octanol–water partition coefficient (Wildman–Crippen LogP) is 6.04. The standard InChI is InChI=1S/C26H27F3N4O/c27-26(28,29)34-22-8-4-7-20(13-22)23-10-9-18(14-30-23)16-33-12-11-24-21(17-33)15-31-25(32-24)19-5-2-1-3-6-19/h4,7-10,13-15,19H,1-3,5-6,11-12,16-17H2. The predicted molar refractivity (Wildman–Crippen MR) is 122 cm³/mol. The second-order valence-corrected chi connectivity index (χ2v) is 9.12. The summed E-state index contributed by atoms with van der Waals surface area (Å²) in [4.78, 5) is 16.4. The molecule has 5 nitrogen and oxygen atoms in total. The first-order valence-electron chi connectivity index (χ1n) is 11.8. The molecule has 1 aliphatic heterocycles. The molecule has 8 heteroatoms. The zero-order chi connectivity index (χ0) is 23.5. The van der Waals surface area contributed by atoms with Crippen molar-refractivity contribution in [2.45, 2.75) is 63.9 Å². The van der Waals surface area contributed by atoms with E-state index in [-0.39, 0.29) is 5.75 Å². The highest BCUT2D eigenvalue weighted by Crippen LogP contribution is 2.32. The highest BCUT2D eigenvalue weighted by molar-refractivity contribution is 5.61. The summed E-state index contributed by atoms with van der Waals surface area (Å²) < 4.78 is 41.5. The molecule has 0 amide bonds. The normalized spacial score (nSPS) is 17.4. The molecule has 2 aromatic heterocycles. The molecule has 0 bridgehead atoms. The summed E-state index contributed by atoms with van der Waals surface area (Å²) in [7, 11) is 0. The maximum Gasteiger partial charge on any atom is 0.573 e. The van der Waals surface area contributed by atoms with E-state index in [1.165, 1.54) is 61.6 Å². The Morgan fingerprint density at radius 1 is 1.00 bits per heavy atom. The molecule has 3 heterocycles. The van der Waals surface area contributed by atoms with Gasteiger partial charge in [0.25, 0.3) is 0 Å². The third kappa shape index (κ3) is 5.55. The fourth-order valence-corrected chi connectivity index (χ4v) is 4.88. The molecule has 1 aliphatic carbocycles. The van der Waals surface area contributed by atoms with Gasteiger partial charge in [-0.2, -0.15) is 0 Å². The molecule has 1 saturated carbocycles. The maximum absolute atomic E-state index is 12.5. The van der Waals surface area contributed by atoms with Crippen LogP contribution in [0.25, 0.3) is 11.3 Å². The minimum Gasteiger partial charge on any atom is -0.406 e. The molecule has 0 saturated heterocycles. The van der Waals surface area contributed by atoms with E-state index in [0.29, 0.717) is 17.2 Å². The van der Waals surface area contributed by atoms with Crippen molar-refractivity contribution in [1.82, 2.24) is 19.9 Å². The van der Waals surface area contributed by atoms with Crippen LogP contribution in [0, 0.1) is 0 Å². The molecule has 5 rings (SSSR count). The molecule has 178 valence electrons. The fraction of sp³-hybridized carbons (Fsp3) is 0.423. The van der Waals surface area contributed by atoms with Gasteiger partial charge in [0.1, 0.15) is 11.6 Å². The van der Waals surface area contributed by atoms with Crippen LogP contribution in [-0.4, -0.2) is 32.8 Å². The number of alkyl halides is 3. The van der Waals surface area contributed by atoms with E-state index >= 15 is 0 Å². The Labute approximate surface area is 197 Å². The van der Waals surface area contributed by atoms with Gasteiger partial charge in [0.05, 0.1) is 5.69 Å². The number of nitrogens with zero attached hydrogens (tertiary/aromatic N) is 4. The van der Waals surface area contributed by atoms with Crippen molar-refractivity contribution in [3.8, 4) is 17.0 Å². The number of halogens is 3. The Balaban J connectivity index is 1.22. The summed E-state index contributed by atoms with van der Waals surface area (Å²) in [5.41, 5.74) is 4.60. The van der Waals surface area contributed by atoms with Gasteiger partial charge in [0.2, 0.25) is 0 Å². The Morgan fingerprint density at radius 2 is 1.85 bits per heavy atom. The lowest BCUT2D eigenvalue weighted by molar-refractivity contribution is -0.274. The Bertz CT molecular complexity index is 1130. The van der Waals surface area contributed by atoms with Gasteiger partial charge in [-0.15, -0.1) is 13.2 Å². The lowest BCUT2D eigenvalue weighted by atomic mass is 9.88. The summed E-state index contributed by atoms with van der Waals surface area (Å²) in [6.07, 6.45) is 6.27. The van der Waals surface area contributed by atoms with E-state index in [1.807, 2.05) is 18.3 Å². The number of aromatic nitrogens is 3. The van der Waals surface area contributed by atoms with Crippen molar-refractivity contribution < 1.29 is 17.9 Å². The van der Waals surface area contributed by atoms with E-state index in [2.05, 4.69) is 14.6 Å². The summed E-state index contributed by atoms with van der Waals surface area (Å²) >= 11 is 0. The van der Waals surface area contributed by atoms with Crippen LogP contribution in [0.4, 0.5) is 13.2 Å². The highest BCUT2D eigenvalue weighted by atomic mass is 19.4. The topological polar surface area (TPSA) is 51.1 Å². The molecular weight excluding hydrogens is 441 g/mol. The third-order valence-corrected chi connectivity index (χ3v) is 6.60.